The maximum atomic E-state index is 14.1. The first kappa shape index (κ1) is 15.7. The van der Waals surface area contributed by atoms with Crippen LogP contribution in [-0.2, 0) is 4.79 Å². The van der Waals surface area contributed by atoms with Crippen molar-refractivity contribution >= 4 is 23.5 Å². The van der Waals surface area contributed by atoms with Crippen molar-refractivity contribution in [2.75, 3.05) is 11.1 Å². The molecule has 2 N–H and O–H groups in total. The Kier molecular flexibility index (Phi) is 4.16. The van der Waals surface area contributed by atoms with Crippen molar-refractivity contribution in [3.63, 3.8) is 0 Å². The summed E-state index contributed by atoms with van der Waals surface area (Å²) in [6.07, 6.45) is -0.140. The van der Waals surface area contributed by atoms with Crippen molar-refractivity contribution in [1.82, 2.24) is 9.97 Å². The van der Waals surface area contributed by atoms with Crippen molar-refractivity contribution in [3.8, 4) is 0 Å². The monoisotopic (exact) mass is 337 g/mol. The van der Waals surface area contributed by atoms with Crippen molar-refractivity contribution in [2.45, 2.75) is 24.4 Å². The van der Waals surface area contributed by atoms with E-state index in [1.54, 1.807) is 0 Å². The molecule has 0 radical (unpaired) electrons. The summed E-state index contributed by atoms with van der Waals surface area (Å²) in [6, 6.07) is 2.99. The molecule has 0 fully saturated rings. The fraction of sp³-hybridized carbons (Fsp3) is 0.267. The van der Waals surface area contributed by atoms with Crippen LogP contribution < -0.4 is 10.9 Å². The van der Waals surface area contributed by atoms with Gasteiger partial charge in [-0.3, -0.25) is 9.59 Å². The zero-order valence-corrected chi connectivity index (χ0v) is 13.0. The molecule has 0 saturated heterocycles. The summed E-state index contributed by atoms with van der Waals surface area (Å²) in [6.45, 7) is 1.90. The number of nitrogens with zero attached hydrogens (tertiary/aromatic N) is 1. The molecule has 1 unspecified atom stereocenters. The second-order valence-electron chi connectivity index (χ2n) is 5.04. The lowest BCUT2D eigenvalue weighted by molar-refractivity contribution is -0.116. The van der Waals surface area contributed by atoms with Crippen LogP contribution in [0, 0.1) is 11.6 Å². The molecule has 1 aromatic heterocycles. The molecule has 120 valence electrons. The van der Waals surface area contributed by atoms with Crippen LogP contribution in [-0.4, -0.2) is 21.6 Å². The number of halogens is 2. The van der Waals surface area contributed by atoms with Gasteiger partial charge in [-0.2, -0.15) is 0 Å². The Morgan fingerprint density at radius 3 is 2.87 bits per heavy atom. The van der Waals surface area contributed by atoms with Crippen LogP contribution in [0.5, 0.6) is 0 Å². The van der Waals surface area contributed by atoms with Crippen LogP contribution in [0.4, 0.5) is 14.6 Å². The summed E-state index contributed by atoms with van der Waals surface area (Å²) in [5, 5.41) is 2.91. The average molecular weight is 337 g/mol. The summed E-state index contributed by atoms with van der Waals surface area (Å²) in [5.74, 6) is -1.75. The summed E-state index contributed by atoms with van der Waals surface area (Å²) in [4.78, 5) is 31.1. The first-order chi connectivity index (χ1) is 11.0. The van der Waals surface area contributed by atoms with Crippen molar-refractivity contribution in [2.24, 2.45) is 0 Å². The molecule has 2 aromatic rings. The molecule has 8 heteroatoms. The van der Waals surface area contributed by atoms with Gasteiger partial charge in [0, 0.05) is 12.3 Å². The molecule has 0 saturated carbocycles. The summed E-state index contributed by atoms with van der Waals surface area (Å²) >= 11 is 1.31. The van der Waals surface area contributed by atoms with E-state index in [0.29, 0.717) is 10.9 Å². The Hall–Kier alpha value is -2.22. The van der Waals surface area contributed by atoms with Crippen LogP contribution in [0.3, 0.4) is 0 Å². The van der Waals surface area contributed by atoms with Gasteiger partial charge >= 0.3 is 0 Å². The molecular formula is C15H13F2N3O2S. The number of amides is 1. The highest BCUT2D eigenvalue weighted by Crippen LogP contribution is 2.35. The van der Waals surface area contributed by atoms with Crippen LogP contribution in [0.25, 0.3) is 0 Å². The van der Waals surface area contributed by atoms with Crippen LogP contribution >= 0.6 is 11.8 Å². The van der Waals surface area contributed by atoms with Gasteiger partial charge in [0.25, 0.3) is 5.56 Å². The number of aromatic amines is 1. The van der Waals surface area contributed by atoms with Gasteiger partial charge in [-0.25, -0.2) is 13.8 Å². The zero-order chi connectivity index (χ0) is 16.6. The van der Waals surface area contributed by atoms with Crippen molar-refractivity contribution < 1.29 is 13.6 Å². The summed E-state index contributed by atoms with van der Waals surface area (Å²) < 4.78 is 27.5. The standard InChI is InChI=1S/C15H13F2N3O2S/c1-2-23-15-19-13-12(14(22)20-15)9(6-11(21)18-13)8-5-7(16)3-4-10(8)17/h3-5,9H,2,6H2,1H3,(H2,18,19,20,21,22). The Morgan fingerprint density at radius 2 is 2.13 bits per heavy atom. The number of anilines is 1. The fourth-order valence-corrected chi connectivity index (χ4v) is 3.20. The van der Waals surface area contributed by atoms with E-state index in [9.17, 15) is 18.4 Å². The molecule has 1 aromatic carbocycles. The lowest BCUT2D eigenvalue weighted by Gasteiger charge is -2.24. The third kappa shape index (κ3) is 2.98. The minimum Gasteiger partial charge on any atom is -0.310 e. The molecule has 5 nitrogen and oxygen atoms in total. The van der Waals surface area contributed by atoms with E-state index in [1.165, 1.54) is 11.8 Å². The van der Waals surface area contributed by atoms with E-state index in [2.05, 4.69) is 15.3 Å². The minimum atomic E-state index is -0.869. The third-order valence-corrected chi connectivity index (χ3v) is 4.30. The third-order valence-electron chi connectivity index (χ3n) is 3.54. The summed E-state index contributed by atoms with van der Waals surface area (Å²) in [5.41, 5.74) is -0.335. The molecule has 1 aliphatic rings. The number of hydrogen-bond donors (Lipinski definition) is 2. The molecule has 23 heavy (non-hydrogen) atoms. The van der Waals surface area contributed by atoms with Gasteiger partial charge in [-0.05, 0) is 29.5 Å². The number of fused-ring (bicyclic) bond motifs is 1. The number of benzene rings is 1. The van der Waals surface area contributed by atoms with E-state index in [-0.39, 0.29) is 23.4 Å². The van der Waals surface area contributed by atoms with Gasteiger partial charge in [0.1, 0.15) is 17.5 Å². The number of hydrogen-bond acceptors (Lipinski definition) is 4. The minimum absolute atomic E-state index is 0.0238. The summed E-state index contributed by atoms with van der Waals surface area (Å²) in [7, 11) is 0. The lowest BCUT2D eigenvalue weighted by Crippen LogP contribution is -2.31. The number of H-pyrrole nitrogens is 1. The smallest absolute Gasteiger partial charge is 0.257 e. The molecule has 1 amide bonds. The quantitative estimate of drug-likeness (QED) is 0.667. The van der Waals surface area contributed by atoms with Gasteiger partial charge in [0.05, 0.1) is 5.56 Å². The maximum Gasteiger partial charge on any atom is 0.257 e. The molecular weight excluding hydrogens is 324 g/mol. The Balaban J connectivity index is 2.17. The highest BCUT2D eigenvalue weighted by atomic mass is 32.2. The number of thioether (sulfide) groups is 1. The number of carbonyl (C=O) groups is 1. The van der Waals surface area contributed by atoms with Crippen LogP contribution in [0.1, 0.15) is 30.4 Å². The topological polar surface area (TPSA) is 74.8 Å². The van der Waals surface area contributed by atoms with Gasteiger partial charge in [-0.1, -0.05) is 18.7 Å². The molecule has 0 bridgehead atoms. The first-order valence-electron chi connectivity index (χ1n) is 7.01. The largest absolute Gasteiger partial charge is 0.310 e. The van der Waals surface area contributed by atoms with E-state index in [4.69, 9.17) is 0 Å². The number of carbonyl (C=O) groups excluding carboxylic acids is 1. The predicted molar refractivity (Wildman–Crippen MR) is 82.7 cm³/mol. The maximum absolute atomic E-state index is 14.1. The van der Waals surface area contributed by atoms with Crippen molar-refractivity contribution in [1.29, 1.82) is 0 Å². The molecule has 1 atom stereocenters. The Morgan fingerprint density at radius 1 is 1.35 bits per heavy atom. The Bertz CT molecular complexity index is 838. The Labute approximate surface area is 134 Å². The van der Waals surface area contributed by atoms with E-state index >= 15 is 0 Å². The molecule has 3 rings (SSSR count). The highest BCUT2D eigenvalue weighted by molar-refractivity contribution is 7.99. The highest BCUT2D eigenvalue weighted by Gasteiger charge is 2.32. The second kappa shape index (κ2) is 6.11. The second-order valence-corrected chi connectivity index (χ2v) is 6.29. The van der Waals surface area contributed by atoms with Gasteiger partial charge in [0.2, 0.25) is 5.91 Å². The van der Waals surface area contributed by atoms with Gasteiger partial charge in [0.15, 0.2) is 5.16 Å². The SMILES string of the molecule is CCSc1nc2c(c(=O)[nH]1)C(c1cc(F)ccc1F)CC(=O)N2. The number of aromatic nitrogens is 2. The van der Waals surface area contributed by atoms with Crippen molar-refractivity contribution in [3.05, 3.63) is 51.3 Å². The molecule has 0 spiro atoms. The molecule has 0 aliphatic carbocycles. The fourth-order valence-electron chi connectivity index (χ4n) is 2.60. The number of nitrogens with one attached hydrogen (secondary N) is 2. The van der Waals surface area contributed by atoms with Crippen LogP contribution in [0.15, 0.2) is 28.2 Å². The van der Waals surface area contributed by atoms with Gasteiger partial charge < -0.3 is 10.3 Å². The van der Waals surface area contributed by atoms with E-state index in [0.717, 1.165) is 18.2 Å². The number of rotatable bonds is 3. The van der Waals surface area contributed by atoms with Gasteiger partial charge in [-0.15, -0.1) is 0 Å². The normalized spacial score (nSPS) is 16.8. The van der Waals surface area contributed by atoms with E-state index < -0.39 is 29.0 Å². The zero-order valence-electron chi connectivity index (χ0n) is 12.2. The molecule has 2 heterocycles. The molecule has 1 aliphatic heterocycles. The predicted octanol–water partition coefficient (Wildman–Crippen LogP) is 2.63. The first-order valence-corrected chi connectivity index (χ1v) is 8.00. The van der Waals surface area contributed by atoms with Crippen LogP contribution in [0.2, 0.25) is 0 Å². The average Bonchev–Trinajstić information content (AvgIpc) is 2.48. The van der Waals surface area contributed by atoms with E-state index in [1.807, 2.05) is 6.92 Å². The lowest BCUT2D eigenvalue weighted by atomic mass is 9.86.